The summed E-state index contributed by atoms with van der Waals surface area (Å²) >= 11 is 0. The summed E-state index contributed by atoms with van der Waals surface area (Å²) in [5.41, 5.74) is 5.44. The summed E-state index contributed by atoms with van der Waals surface area (Å²) in [7, 11) is 1.66. The number of likely N-dealkylation sites (N-methyl/N-ethyl adjacent to an activating group) is 1. The number of hydrogen-bond acceptors (Lipinski definition) is 3. The van der Waals surface area contributed by atoms with E-state index >= 15 is 0 Å². The molecule has 4 nitrogen and oxygen atoms in total. The molecule has 12 heavy (non-hydrogen) atoms. The van der Waals surface area contributed by atoms with Crippen LogP contribution in [0.2, 0.25) is 0 Å². The van der Waals surface area contributed by atoms with Gasteiger partial charge in [0.2, 0.25) is 5.91 Å². The molecule has 0 spiro atoms. The van der Waals surface area contributed by atoms with E-state index in [1.165, 1.54) is 12.8 Å². The van der Waals surface area contributed by atoms with Gasteiger partial charge in [-0.3, -0.25) is 9.69 Å². The third-order valence-corrected chi connectivity index (χ3v) is 2.11. The first-order valence-corrected chi connectivity index (χ1v) is 4.42. The highest BCUT2D eigenvalue weighted by Crippen LogP contribution is 2.25. The number of rotatable bonds is 5. The zero-order valence-electron chi connectivity index (χ0n) is 7.55. The molecule has 0 heterocycles. The number of amides is 1. The van der Waals surface area contributed by atoms with Gasteiger partial charge in [-0.05, 0) is 12.8 Å². The first-order valence-electron chi connectivity index (χ1n) is 4.42. The lowest BCUT2D eigenvalue weighted by atomic mass is 10.4. The molecule has 3 N–H and O–H groups in total. The van der Waals surface area contributed by atoms with Crippen LogP contribution < -0.4 is 11.1 Å². The predicted molar refractivity (Wildman–Crippen MR) is 47.7 cm³/mol. The molecule has 4 heteroatoms. The zero-order valence-corrected chi connectivity index (χ0v) is 7.55. The van der Waals surface area contributed by atoms with Crippen molar-refractivity contribution in [1.29, 1.82) is 0 Å². The average molecular weight is 171 g/mol. The van der Waals surface area contributed by atoms with Gasteiger partial charge < -0.3 is 11.1 Å². The maximum atomic E-state index is 11.0. The number of hydrogen-bond donors (Lipinski definition) is 2. The summed E-state index contributed by atoms with van der Waals surface area (Å²) in [5.74, 6) is 0.0790. The van der Waals surface area contributed by atoms with Gasteiger partial charge in [-0.15, -0.1) is 0 Å². The number of carbonyl (C=O) groups excluding carboxylic acids is 1. The van der Waals surface area contributed by atoms with Crippen LogP contribution in [0.4, 0.5) is 0 Å². The summed E-state index contributed by atoms with van der Waals surface area (Å²) in [6, 6.07) is 0.617. The number of nitrogens with two attached hydrogens (primary N) is 1. The minimum Gasteiger partial charge on any atom is -0.358 e. The van der Waals surface area contributed by atoms with Gasteiger partial charge in [0.1, 0.15) is 0 Å². The molecule has 1 fully saturated rings. The number of carbonyl (C=O) groups is 1. The molecule has 0 bridgehead atoms. The van der Waals surface area contributed by atoms with Gasteiger partial charge in [-0.25, -0.2) is 0 Å². The first kappa shape index (κ1) is 9.48. The van der Waals surface area contributed by atoms with Gasteiger partial charge in [0.25, 0.3) is 0 Å². The third-order valence-electron chi connectivity index (χ3n) is 2.11. The Balaban J connectivity index is 2.26. The molecule has 0 atom stereocenters. The summed E-state index contributed by atoms with van der Waals surface area (Å²) in [5, 5.41) is 2.62. The van der Waals surface area contributed by atoms with Crippen molar-refractivity contribution in [2.75, 3.05) is 26.7 Å². The molecule has 0 aliphatic heterocycles. The van der Waals surface area contributed by atoms with E-state index in [1.54, 1.807) is 7.05 Å². The van der Waals surface area contributed by atoms with E-state index in [4.69, 9.17) is 5.73 Å². The highest BCUT2D eigenvalue weighted by Gasteiger charge is 2.29. The van der Waals surface area contributed by atoms with Crippen LogP contribution in [-0.2, 0) is 4.79 Å². The molecule has 0 radical (unpaired) electrons. The second-order valence-corrected chi connectivity index (χ2v) is 3.16. The lowest BCUT2D eigenvalue weighted by molar-refractivity contribution is -0.121. The fraction of sp³-hybridized carbons (Fsp3) is 0.875. The van der Waals surface area contributed by atoms with E-state index in [0.29, 0.717) is 19.1 Å². The van der Waals surface area contributed by atoms with Gasteiger partial charge >= 0.3 is 0 Å². The van der Waals surface area contributed by atoms with Gasteiger partial charge in [-0.2, -0.15) is 0 Å². The average Bonchev–Trinajstić information content (AvgIpc) is 2.86. The van der Waals surface area contributed by atoms with Crippen LogP contribution in [0.1, 0.15) is 12.8 Å². The van der Waals surface area contributed by atoms with Crippen LogP contribution >= 0.6 is 0 Å². The van der Waals surface area contributed by atoms with E-state index in [-0.39, 0.29) is 5.91 Å². The Morgan fingerprint density at radius 1 is 1.67 bits per heavy atom. The van der Waals surface area contributed by atoms with E-state index in [0.717, 1.165) is 6.54 Å². The van der Waals surface area contributed by atoms with Crippen molar-refractivity contribution in [3.05, 3.63) is 0 Å². The van der Waals surface area contributed by atoms with Crippen LogP contribution in [0.15, 0.2) is 0 Å². The Morgan fingerprint density at radius 2 is 2.33 bits per heavy atom. The molecule has 1 aliphatic carbocycles. The van der Waals surface area contributed by atoms with Gasteiger partial charge in [0.05, 0.1) is 6.54 Å². The van der Waals surface area contributed by atoms with Crippen LogP contribution in [-0.4, -0.2) is 43.5 Å². The molecule has 0 aromatic carbocycles. The fourth-order valence-electron chi connectivity index (χ4n) is 1.26. The summed E-state index contributed by atoms with van der Waals surface area (Å²) in [6.07, 6.45) is 2.44. The SMILES string of the molecule is CNC(=O)CN(CCN)C1CC1. The minimum atomic E-state index is 0.0790. The quantitative estimate of drug-likeness (QED) is 0.567. The molecule has 0 aromatic rings. The van der Waals surface area contributed by atoms with Crippen molar-refractivity contribution in [1.82, 2.24) is 10.2 Å². The Morgan fingerprint density at radius 3 is 2.75 bits per heavy atom. The molecular weight excluding hydrogens is 154 g/mol. The molecule has 1 amide bonds. The maximum Gasteiger partial charge on any atom is 0.233 e. The van der Waals surface area contributed by atoms with Gasteiger partial charge in [0, 0.05) is 26.2 Å². The zero-order chi connectivity index (χ0) is 8.97. The number of nitrogens with zero attached hydrogens (tertiary/aromatic N) is 1. The first-order chi connectivity index (χ1) is 5.77. The van der Waals surface area contributed by atoms with Crippen LogP contribution in [0.25, 0.3) is 0 Å². The van der Waals surface area contributed by atoms with E-state index in [9.17, 15) is 4.79 Å². The van der Waals surface area contributed by atoms with Crippen molar-refractivity contribution in [2.45, 2.75) is 18.9 Å². The van der Waals surface area contributed by atoms with Crippen molar-refractivity contribution in [3.63, 3.8) is 0 Å². The van der Waals surface area contributed by atoms with Crippen molar-refractivity contribution in [2.24, 2.45) is 5.73 Å². The molecule has 1 rings (SSSR count). The molecule has 1 aliphatic rings. The fourth-order valence-corrected chi connectivity index (χ4v) is 1.26. The third kappa shape index (κ3) is 2.79. The highest BCUT2D eigenvalue weighted by molar-refractivity contribution is 5.77. The smallest absolute Gasteiger partial charge is 0.233 e. The Labute approximate surface area is 73.1 Å². The maximum absolute atomic E-state index is 11.0. The van der Waals surface area contributed by atoms with Crippen LogP contribution in [0.3, 0.4) is 0 Å². The van der Waals surface area contributed by atoms with Crippen LogP contribution in [0, 0.1) is 0 Å². The summed E-state index contributed by atoms with van der Waals surface area (Å²) in [4.78, 5) is 13.2. The molecular formula is C8H17N3O. The largest absolute Gasteiger partial charge is 0.358 e. The predicted octanol–water partition coefficient (Wildman–Crippen LogP) is -0.844. The van der Waals surface area contributed by atoms with Crippen molar-refractivity contribution >= 4 is 5.91 Å². The van der Waals surface area contributed by atoms with E-state index in [1.807, 2.05) is 0 Å². The Hall–Kier alpha value is -0.610. The second kappa shape index (κ2) is 4.42. The standard InChI is InChI=1S/C8H17N3O/c1-10-8(12)6-11(5-4-9)7-2-3-7/h7H,2-6,9H2,1H3,(H,10,12). The highest BCUT2D eigenvalue weighted by atomic mass is 16.1. The molecule has 70 valence electrons. The van der Waals surface area contributed by atoms with Crippen molar-refractivity contribution in [3.8, 4) is 0 Å². The van der Waals surface area contributed by atoms with E-state index in [2.05, 4.69) is 10.2 Å². The minimum absolute atomic E-state index is 0.0790. The second-order valence-electron chi connectivity index (χ2n) is 3.16. The lowest BCUT2D eigenvalue weighted by Crippen LogP contribution is -2.39. The normalized spacial score (nSPS) is 16.6. The summed E-state index contributed by atoms with van der Waals surface area (Å²) in [6.45, 7) is 1.96. The molecule has 1 saturated carbocycles. The molecule has 0 saturated heterocycles. The number of nitrogens with one attached hydrogen (secondary N) is 1. The van der Waals surface area contributed by atoms with Crippen LogP contribution in [0.5, 0.6) is 0 Å². The van der Waals surface area contributed by atoms with Crippen molar-refractivity contribution < 1.29 is 4.79 Å². The van der Waals surface area contributed by atoms with Gasteiger partial charge in [-0.1, -0.05) is 0 Å². The monoisotopic (exact) mass is 171 g/mol. The van der Waals surface area contributed by atoms with E-state index < -0.39 is 0 Å². The van der Waals surface area contributed by atoms with Gasteiger partial charge in [0.15, 0.2) is 0 Å². The lowest BCUT2D eigenvalue weighted by Gasteiger charge is -2.19. The summed E-state index contributed by atoms with van der Waals surface area (Å²) < 4.78 is 0. The molecule has 0 aromatic heterocycles. The molecule has 0 unspecified atom stereocenters. The topological polar surface area (TPSA) is 58.4 Å². The Kier molecular flexibility index (Phi) is 3.49. The Bertz CT molecular complexity index is 156.